The molecule has 3 aromatic rings. The Morgan fingerprint density at radius 2 is 1.91 bits per heavy atom. The van der Waals surface area contributed by atoms with Gasteiger partial charge in [0.25, 0.3) is 0 Å². The van der Waals surface area contributed by atoms with Gasteiger partial charge in [-0.15, -0.1) is 0 Å². The second-order valence-electron chi connectivity index (χ2n) is 8.36. The molecule has 0 saturated carbocycles. The summed E-state index contributed by atoms with van der Waals surface area (Å²) in [4.78, 5) is 28.1. The number of aromatic nitrogens is 3. The smallest absolute Gasteiger partial charge is 0.387 e. The average Bonchev–Trinajstić information content (AvgIpc) is 3.31. The van der Waals surface area contributed by atoms with Crippen molar-refractivity contribution >= 4 is 11.7 Å². The summed E-state index contributed by atoms with van der Waals surface area (Å²) in [5, 5.41) is 3.40. The predicted octanol–water partition coefficient (Wildman–Crippen LogP) is 4.27. The molecule has 0 radical (unpaired) electrons. The topological polar surface area (TPSA) is 89.5 Å². The molecule has 2 atom stereocenters. The SMILES string of the molecule is COc1cc(OC(F)F)cc([C@H](C)C(=O)N2CCC(Nc3ccc(-c4ncccn4)c(C)n3)C2)c1. The fourth-order valence-electron chi connectivity index (χ4n) is 4.15. The van der Waals surface area contributed by atoms with Crippen LogP contribution in [0.3, 0.4) is 0 Å². The van der Waals surface area contributed by atoms with Gasteiger partial charge in [0.2, 0.25) is 5.91 Å². The number of anilines is 1. The Hall–Kier alpha value is -3.82. The van der Waals surface area contributed by atoms with Gasteiger partial charge in [0, 0.05) is 43.2 Å². The summed E-state index contributed by atoms with van der Waals surface area (Å²) in [5.41, 5.74) is 2.22. The molecule has 3 heterocycles. The molecule has 35 heavy (non-hydrogen) atoms. The number of hydrogen-bond donors (Lipinski definition) is 1. The van der Waals surface area contributed by atoms with Crippen LogP contribution in [-0.4, -0.2) is 58.6 Å². The second-order valence-corrected chi connectivity index (χ2v) is 8.36. The number of nitrogens with zero attached hydrogens (tertiary/aromatic N) is 4. The van der Waals surface area contributed by atoms with Gasteiger partial charge in [-0.3, -0.25) is 4.79 Å². The Labute approximate surface area is 202 Å². The van der Waals surface area contributed by atoms with Gasteiger partial charge in [0.1, 0.15) is 17.3 Å². The summed E-state index contributed by atoms with van der Waals surface area (Å²) in [6.07, 6.45) is 4.15. The monoisotopic (exact) mass is 483 g/mol. The van der Waals surface area contributed by atoms with Crippen molar-refractivity contribution < 1.29 is 23.0 Å². The molecule has 10 heteroatoms. The molecule has 0 spiro atoms. The molecule has 4 rings (SSSR count). The van der Waals surface area contributed by atoms with E-state index in [9.17, 15) is 13.6 Å². The minimum Gasteiger partial charge on any atom is -0.497 e. The van der Waals surface area contributed by atoms with E-state index in [4.69, 9.17) is 4.74 Å². The maximum atomic E-state index is 13.2. The number of carbonyl (C=O) groups is 1. The van der Waals surface area contributed by atoms with Crippen molar-refractivity contribution in [2.24, 2.45) is 0 Å². The maximum Gasteiger partial charge on any atom is 0.387 e. The molecule has 1 aromatic carbocycles. The third kappa shape index (κ3) is 5.82. The number of ether oxygens (including phenoxy) is 2. The highest BCUT2D eigenvalue weighted by molar-refractivity contribution is 5.84. The van der Waals surface area contributed by atoms with Gasteiger partial charge < -0.3 is 19.7 Å². The van der Waals surface area contributed by atoms with E-state index in [0.29, 0.717) is 30.2 Å². The third-order valence-corrected chi connectivity index (χ3v) is 5.98. The van der Waals surface area contributed by atoms with Crippen LogP contribution in [0.5, 0.6) is 11.5 Å². The number of likely N-dealkylation sites (tertiary alicyclic amines) is 1. The van der Waals surface area contributed by atoms with Crippen LogP contribution in [0.4, 0.5) is 14.6 Å². The van der Waals surface area contributed by atoms with Gasteiger partial charge >= 0.3 is 6.61 Å². The fraction of sp³-hybridized carbons (Fsp3) is 0.360. The first-order valence-electron chi connectivity index (χ1n) is 11.3. The van der Waals surface area contributed by atoms with E-state index in [-0.39, 0.29) is 17.7 Å². The first-order valence-corrected chi connectivity index (χ1v) is 11.3. The number of alkyl halides is 2. The first-order chi connectivity index (χ1) is 16.8. The van der Waals surface area contributed by atoms with Gasteiger partial charge in [-0.05, 0) is 56.2 Å². The van der Waals surface area contributed by atoms with E-state index >= 15 is 0 Å². The molecule has 1 N–H and O–H groups in total. The molecule has 184 valence electrons. The summed E-state index contributed by atoms with van der Waals surface area (Å²) in [7, 11) is 1.43. The molecule has 0 bridgehead atoms. The normalized spacial score (nSPS) is 16.3. The van der Waals surface area contributed by atoms with E-state index in [0.717, 1.165) is 23.5 Å². The lowest BCUT2D eigenvalue weighted by atomic mass is 9.99. The van der Waals surface area contributed by atoms with E-state index in [2.05, 4.69) is 25.0 Å². The van der Waals surface area contributed by atoms with Crippen LogP contribution in [0.25, 0.3) is 11.4 Å². The number of methoxy groups -OCH3 is 1. The van der Waals surface area contributed by atoms with Crippen molar-refractivity contribution in [3.8, 4) is 22.9 Å². The van der Waals surface area contributed by atoms with Crippen LogP contribution in [-0.2, 0) is 4.79 Å². The van der Waals surface area contributed by atoms with Gasteiger partial charge in [0.05, 0.1) is 18.7 Å². The molecule has 0 aliphatic carbocycles. The fourth-order valence-corrected chi connectivity index (χ4v) is 4.15. The largest absolute Gasteiger partial charge is 0.497 e. The van der Waals surface area contributed by atoms with Crippen molar-refractivity contribution in [1.29, 1.82) is 0 Å². The molecule has 8 nitrogen and oxygen atoms in total. The minimum absolute atomic E-state index is 0.0410. The first kappa shape index (κ1) is 24.3. The summed E-state index contributed by atoms with van der Waals surface area (Å²) in [6, 6.07) is 10.1. The van der Waals surface area contributed by atoms with Crippen LogP contribution in [0.2, 0.25) is 0 Å². The standard InChI is InChI=1S/C25H27F2N5O3/c1-15(17-11-19(34-3)13-20(12-17)35-25(26)27)24(33)32-10-7-18(14-32)31-22-6-5-21(16(2)30-22)23-28-8-4-9-29-23/h4-6,8-9,11-13,15,18,25H,7,10,14H2,1-3H3,(H,30,31)/t15-,18?/m0/s1. The Bertz CT molecular complexity index is 1180. The van der Waals surface area contributed by atoms with E-state index in [1.54, 1.807) is 36.4 Å². The van der Waals surface area contributed by atoms with E-state index in [1.807, 2.05) is 19.1 Å². The van der Waals surface area contributed by atoms with Crippen molar-refractivity contribution in [1.82, 2.24) is 19.9 Å². The van der Waals surface area contributed by atoms with Gasteiger partial charge in [-0.2, -0.15) is 8.78 Å². The van der Waals surface area contributed by atoms with Crippen molar-refractivity contribution in [2.75, 3.05) is 25.5 Å². The van der Waals surface area contributed by atoms with Crippen LogP contribution in [0, 0.1) is 6.92 Å². The highest BCUT2D eigenvalue weighted by atomic mass is 19.3. The van der Waals surface area contributed by atoms with Gasteiger partial charge in [-0.1, -0.05) is 0 Å². The summed E-state index contributed by atoms with van der Waals surface area (Å²) >= 11 is 0. The van der Waals surface area contributed by atoms with Crippen LogP contribution in [0.1, 0.15) is 30.5 Å². The molecule has 1 amide bonds. The summed E-state index contributed by atoms with van der Waals surface area (Å²) < 4.78 is 35.1. The van der Waals surface area contributed by atoms with Crippen LogP contribution < -0.4 is 14.8 Å². The molecule has 1 fully saturated rings. The molecule has 2 aromatic heterocycles. The number of hydrogen-bond acceptors (Lipinski definition) is 7. The number of benzene rings is 1. The lowest BCUT2D eigenvalue weighted by molar-refractivity contribution is -0.131. The third-order valence-electron chi connectivity index (χ3n) is 5.98. The second kappa shape index (κ2) is 10.6. The molecule has 1 aliphatic heterocycles. The number of halogens is 2. The van der Waals surface area contributed by atoms with Gasteiger partial charge in [-0.25, -0.2) is 15.0 Å². The molecular formula is C25H27F2N5O3. The number of nitrogens with one attached hydrogen (secondary N) is 1. The lowest BCUT2D eigenvalue weighted by Crippen LogP contribution is -2.34. The zero-order valence-electron chi connectivity index (χ0n) is 19.7. The molecule has 1 unspecified atom stereocenters. The van der Waals surface area contributed by atoms with Crippen LogP contribution >= 0.6 is 0 Å². The Morgan fingerprint density at radius 3 is 2.60 bits per heavy atom. The number of aryl methyl sites for hydroxylation is 1. The zero-order valence-corrected chi connectivity index (χ0v) is 19.7. The highest BCUT2D eigenvalue weighted by Crippen LogP contribution is 2.30. The predicted molar refractivity (Wildman–Crippen MR) is 127 cm³/mol. The quantitative estimate of drug-likeness (QED) is 0.512. The number of amides is 1. The van der Waals surface area contributed by atoms with Crippen LogP contribution in [0.15, 0.2) is 48.8 Å². The molecule has 1 aliphatic rings. The average molecular weight is 484 g/mol. The van der Waals surface area contributed by atoms with Crippen molar-refractivity contribution in [3.63, 3.8) is 0 Å². The molecular weight excluding hydrogens is 456 g/mol. The zero-order chi connectivity index (χ0) is 24.9. The Morgan fingerprint density at radius 1 is 1.17 bits per heavy atom. The highest BCUT2D eigenvalue weighted by Gasteiger charge is 2.30. The summed E-state index contributed by atoms with van der Waals surface area (Å²) in [6.45, 7) is 1.79. The van der Waals surface area contributed by atoms with E-state index in [1.165, 1.54) is 19.2 Å². The number of rotatable bonds is 8. The lowest BCUT2D eigenvalue weighted by Gasteiger charge is -2.22. The van der Waals surface area contributed by atoms with Crippen molar-refractivity contribution in [3.05, 3.63) is 60.0 Å². The number of carbonyl (C=O) groups excluding carboxylic acids is 1. The molecule has 1 saturated heterocycles. The Kier molecular flexibility index (Phi) is 7.38. The summed E-state index contributed by atoms with van der Waals surface area (Å²) in [5.74, 6) is 1.01. The number of pyridine rings is 1. The Balaban J connectivity index is 1.40. The van der Waals surface area contributed by atoms with Crippen molar-refractivity contribution in [2.45, 2.75) is 38.8 Å². The van der Waals surface area contributed by atoms with Gasteiger partial charge in [0.15, 0.2) is 5.82 Å². The maximum absolute atomic E-state index is 13.2. The minimum atomic E-state index is -2.96. The van der Waals surface area contributed by atoms with E-state index < -0.39 is 12.5 Å².